The molecule has 1 aromatic heterocycles. The van der Waals surface area contributed by atoms with Crippen LogP contribution in [0.3, 0.4) is 0 Å². The Hall–Kier alpha value is -1.42. The van der Waals surface area contributed by atoms with Gasteiger partial charge in [0.2, 0.25) is 0 Å². The van der Waals surface area contributed by atoms with E-state index in [1.807, 2.05) is 30.3 Å². The largest absolute Gasteiger partial charge is 0.387 e. The summed E-state index contributed by atoms with van der Waals surface area (Å²) in [6.45, 7) is 0. The minimum atomic E-state index is -0.674. The zero-order valence-electron chi connectivity index (χ0n) is 10.5. The fourth-order valence-corrected chi connectivity index (χ4v) is 3.44. The van der Waals surface area contributed by atoms with Gasteiger partial charge in [0, 0.05) is 16.0 Å². The number of halogens is 2. The summed E-state index contributed by atoms with van der Waals surface area (Å²) in [7, 11) is 0. The normalized spacial score (nSPS) is 12.8. The number of rotatable bonds is 3. The molecule has 2 aromatic carbocycles. The topological polar surface area (TPSA) is 20.2 Å². The van der Waals surface area contributed by atoms with Crippen molar-refractivity contribution in [2.75, 3.05) is 0 Å². The molecule has 0 fully saturated rings. The quantitative estimate of drug-likeness (QED) is 0.724. The van der Waals surface area contributed by atoms with E-state index in [4.69, 9.17) is 11.6 Å². The Morgan fingerprint density at radius 1 is 1.15 bits per heavy atom. The SMILES string of the molecule is OC(Cc1cccc(F)c1Cl)c1cc2ccccc2s1. The molecule has 3 aromatic rings. The average Bonchev–Trinajstić information content (AvgIpc) is 2.88. The molecule has 1 atom stereocenters. The van der Waals surface area contributed by atoms with E-state index in [1.165, 1.54) is 6.07 Å². The smallest absolute Gasteiger partial charge is 0.142 e. The van der Waals surface area contributed by atoms with Gasteiger partial charge in [-0.15, -0.1) is 11.3 Å². The highest BCUT2D eigenvalue weighted by Gasteiger charge is 2.15. The lowest BCUT2D eigenvalue weighted by Gasteiger charge is -2.10. The van der Waals surface area contributed by atoms with E-state index in [0.717, 1.165) is 15.0 Å². The third kappa shape index (κ3) is 2.57. The Bertz CT molecular complexity index is 720. The average molecular weight is 307 g/mol. The van der Waals surface area contributed by atoms with Crippen molar-refractivity contribution in [1.29, 1.82) is 0 Å². The van der Waals surface area contributed by atoms with Crippen LogP contribution in [-0.2, 0) is 6.42 Å². The van der Waals surface area contributed by atoms with Crippen molar-refractivity contribution < 1.29 is 9.50 Å². The van der Waals surface area contributed by atoms with Crippen molar-refractivity contribution in [3.05, 3.63) is 69.8 Å². The van der Waals surface area contributed by atoms with E-state index in [2.05, 4.69) is 0 Å². The molecule has 0 aliphatic heterocycles. The summed E-state index contributed by atoms with van der Waals surface area (Å²) >= 11 is 7.47. The van der Waals surface area contributed by atoms with E-state index < -0.39 is 11.9 Å². The third-order valence-corrected chi connectivity index (χ3v) is 4.86. The lowest BCUT2D eigenvalue weighted by atomic mass is 10.1. The minimum absolute atomic E-state index is 0.0904. The standard InChI is InChI=1S/C16H12ClFOS/c17-16-11(5-3-6-12(16)18)8-13(19)15-9-10-4-1-2-7-14(10)20-15/h1-7,9,13,19H,8H2. The van der Waals surface area contributed by atoms with Crippen LogP contribution in [0.15, 0.2) is 48.5 Å². The van der Waals surface area contributed by atoms with Gasteiger partial charge >= 0.3 is 0 Å². The number of fused-ring (bicyclic) bond motifs is 1. The predicted molar refractivity (Wildman–Crippen MR) is 81.9 cm³/mol. The van der Waals surface area contributed by atoms with Crippen molar-refractivity contribution in [3.8, 4) is 0 Å². The second-order valence-electron chi connectivity index (χ2n) is 4.62. The molecule has 20 heavy (non-hydrogen) atoms. The molecule has 1 nitrogen and oxygen atoms in total. The van der Waals surface area contributed by atoms with Gasteiger partial charge in [-0.2, -0.15) is 0 Å². The van der Waals surface area contributed by atoms with Gasteiger partial charge in [-0.05, 0) is 29.1 Å². The van der Waals surface area contributed by atoms with Crippen LogP contribution in [0.4, 0.5) is 4.39 Å². The first-order chi connectivity index (χ1) is 9.65. The summed E-state index contributed by atoms with van der Waals surface area (Å²) in [5.41, 5.74) is 0.622. The molecule has 0 bridgehead atoms. The number of hydrogen-bond acceptors (Lipinski definition) is 2. The van der Waals surface area contributed by atoms with Gasteiger partial charge in [-0.25, -0.2) is 4.39 Å². The summed E-state index contributed by atoms with van der Waals surface area (Å²) in [6.07, 6.45) is -0.365. The molecular weight excluding hydrogens is 295 g/mol. The Kier molecular flexibility index (Phi) is 3.74. The number of aliphatic hydroxyl groups is 1. The fourth-order valence-electron chi connectivity index (χ4n) is 2.18. The Morgan fingerprint density at radius 2 is 1.95 bits per heavy atom. The molecule has 1 heterocycles. The second kappa shape index (κ2) is 5.52. The van der Waals surface area contributed by atoms with Gasteiger partial charge in [-0.1, -0.05) is 41.9 Å². The molecule has 0 radical (unpaired) electrons. The van der Waals surface area contributed by atoms with Crippen molar-refractivity contribution >= 4 is 33.0 Å². The second-order valence-corrected chi connectivity index (χ2v) is 6.11. The number of benzene rings is 2. The van der Waals surface area contributed by atoms with E-state index in [1.54, 1.807) is 23.5 Å². The zero-order valence-corrected chi connectivity index (χ0v) is 12.1. The third-order valence-electron chi connectivity index (χ3n) is 3.22. The lowest BCUT2D eigenvalue weighted by molar-refractivity contribution is 0.182. The van der Waals surface area contributed by atoms with E-state index >= 15 is 0 Å². The molecule has 0 aliphatic carbocycles. The van der Waals surface area contributed by atoms with Gasteiger partial charge in [-0.3, -0.25) is 0 Å². The molecule has 4 heteroatoms. The predicted octanol–water partition coefficient (Wildman–Crippen LogP) is 4.97. The molecule has 0 spiro atoms. The molecule has 0 saturated heterocycles. The summed E-state index contributed by atoms with van der Waals surface area (Å²) < 4.78 is 14.5. The van der Waals surface area contributed by atoms with Crippen molar-refractivity contribution in [2.45, 2.75) is 12.5 Å². The monoisotopic (exact) mass is 306 g/mol. The first kappa shape index (κ1) is 13.6. The van der Waals surface area contributed by atoms with Crippen molar-refractivity contribution in [2.24, 2.45) is 0 Å². The van der Waals surface area contributed by atoms with Crippen LogP contribution in [-0.4, -0.2) is 5.11 Å². The van der Waals surface area contributed by atoms with Crippen LogP contribution in [0.5, 0.6) is 0 Å². The Morgan fingerprint density at radius 3 is 2.75 bits per heavy atom. The highest BCUT2D eigenvalue weighted by Crippen LogP contribution is 2.32. The lowest BCUT2D eigenvalue weighted by Crippen LogP contribution is -2.00. The molecule has 0 aliphatic rings. The summed E-state index contributed by atoms with van der Waals surface area (Å²) in [4.78, 5) is 0.867. The molecule has 1 unspecified atom stereocenters. The van der Waals surface area contributed by atoms with E-state index in [0.29, 0.717) is 12.0 Å². The minimum Gasteiger partial charge on any atom is -0.387 e. The molecule has 0 saturated carbocycles. The summed E-state index contributed by atoms with van der Waals surface area (Å²) in [5.74, 6) is -0.451. The van der Waals surface area contributed by atoms with E-state index in [-0.39, 0.29) is 5.02 Å². The summed E-state index contributed by atoms with van der Waals surface area (Å²) in [6, 6.07) is 14.6. The van der Waals surface area contributed by atoms with Crippen LogP contribution < -0.4 is 0 Å². The van der Waals surface area contributed by atoms with Crippen molar-refractivity contribution in [1.82, 2.24) is 0 Å². The van der Waals surface area contributed by atoms with Crippen LogP contribution in [0.1, 0.15) is 16.5 Å². The first-order valence-electron chi connectivity index (χ1n) is 6.24. The highest BCUT2D eigenvalue weighted by atomic mass is 35.5. The zero-order chi connectivity index (χ0) is 14.1. The molecule has 0 amide bonds. The molecule has 1 N–H and O–H groups in total. The van der Waals surface area contributed by atoms with Gasteiger partial charge < -0.3 is 5.11 Å². The summed E-state index contributed by atoms with van der Waals surface area (Å²) in [5, 5.41) is 11.5. The van der Waals surface area contributed by atoms with Gasteiger partial charge in [0.15, 0.2) is 0 Å². The molecule has 3 rings (SSSR count). The van der Waals surface area contributed by atoms with Gasteiger partial charge in [0.25, 0.3) is 0 Å². The number of aliphatic hydroxyl groups excluding tert-OH is 1. The van der Waals surface area contributed by atoms with Crippen LogP contribution in [0.2, 0.25) is 5.02 Å². The Balaban J connectivity index is 1.89. The number of hydrogen-bond donors (Lipinski definition) is 1. The molecular formula is C16H12ClFOS. The van der Waals surface area contributed by atoms with Crippen molar-refractivity contribution in [3.63, 3.8) is 0 Å². The maximum atomic E-state index is 13.4. The van der Waals surface area contributed by atoms with E-state index in [9.17, 15) is 9.50 Å². The van der Waals surface area contributed by atoms with Crippen LogP contribution in [0, 0.1) is 5.82 Å². The Labute approximate surface area is 125 Å². The van der Waals surface area contributed by atoms with Crippen LogP contribution >= 0.6 is 22.9 Å². The highest BCUT2D eigenvalue weighted by molar-refractivity contribution is 7.19. The fraction of sp³-hybridized carbons (Fsp3) is 0.125. The van der Waals surface area contributed by atoms with Gasteiger partial charge in [0.1, 0.15) is 5.82 Å². The maximum Gasteiger partial charge on any atom is 0.142 e. The van der Waals surface area contributed by atoms with Crippen LogP contribution in [0.25, 0.3) is 10.1 Å². The van der Waals surface area contributed by atoms with Gasteiger partial charge in [0.05, 0.1) is 11.1 Å². The molecule has 102 valence electrons. The first-order valence-corrected chi connectivity index (χ1v) is 7.44. The number of thiophene rings is 1. The maximum absolute atomic E-state index is 13.4.